The Kier molecular flexibility index (Phi) is 7.30. The highest BCUT2D eigenvalue weighted by Gasteiger charge is 2.12. The van der Waals surface area contributed by atoms with Crippen LogP contribution in [0.4, 0.5) is 11.4 Å². The number of hydrogen-bond donors (Lipinski definition) is 1. The quantitative estimate of drug-likeness (QED) is 0.495. The summed E-state index contributed by atoms with van der Waals surface area (Å²) >= 11 is 3.38. The van der Waals surface area contributed by atoms with E-state index in [1.54, 1.807) is 19.3 Å². The highest BCUT2D eigenvalue weighted by Crippen LogP contribution is 2.24. The molecule has 2 aromatic carbocycles. The molecular weight excluding hydrogens is 436 g/mol. The Balaban J connectivity index is 1.47. The number of rotatable bonds is 7. The number of benzene rings is 2. The number of esters is 1. The maximum absolute atomic E-state index is 12.0. The number of amides is 1. The van der Waals surface area contributed by atoms with Crippen LogP contribution in [0.25, 0.3) is 6.08 Å². The fourth-order valence-corrected chi connectivity index (χ4v) is 3.48. The van der Waals surface area contributed by atoms with E-state index in [1.165, 1.54) is 18.9 Å². The first kappa shape index (κ1) is 20.9. The number of nitrogens with zero attached hydrogens (tertiary/aromatic N) is 1. The monoisotopic (exact) mass is 458 g/mol. The third kappa shape index (κ3) is 6.09. The molecule has 6 nitrogen and oxygen atoms in total. The highest BCUT2D eigenvalue weighted by atomic mass is 79.9. The van der Waals surface area contributed by atoms with Crippen LogP contribution in [0.3, 0.4) is 0 Å². The summed E-state index contributed by atoms with van der Waals surface area (Å²) in [6, 6.07) is 13.1. The Labute approximate surface area is 178 Å². The number of ether oxygens (including phenoxy) is 2. The fourth-order valence-electron chi connectivity index (χ4n) is 3.11. The van der Waals surface area contributed by atoms with E-state index in [4.69, 9.17) is 9.47 Å². The number of hydrogen-bond acceptors (Lipinski definition) is 5. The first-order chi connectivity index (χ1) is 14.0. The number of anilines is 2. The molecule has 0 aliphatic carbocycles. The molecule has 0 unspecified atom stereocenters. The number of methoxy groups -OCH3 is 1. The molecule has 3 rings (SSSR count). The van der Waals surface area contributed by atoms with Crippen molar-refractivity contribution in [1.29, 1.82) is 0 Å². The molecule has 0 saturated carbocycles. The fraction of sp³-hybridized carbons (Fsp3) is 0.273. The van der Waals surface area contributed by atoms with Gasteiger partial charge in [-0.25, -0.2) is 4.79 Å². The predicted octanol–water partition coefficient (Wildman–Crippen LogP) is 4.25. The van der Waals surface area contributed by atoms with E-state index < -0.39 is 5.97 Å². The summed E-state index contributed by atoms with van der Waals surface area (Å²) in [4.78, 5) is 26.3. The minimum Gasteiger partial charge on any atom is -0.496 e. The summed E-state index contributed by atoms with van der Waals surface area (Å²) in [6.45, 7) is 1.79. The molecule has 0 radical (unpaired) electrons. The van der Waals surface area contributed by atoms with Gasteiger partial charge in [0.1, 0.15) is 5.75 Å². The lowest BCUT2D eigenvalue weighted by Crippen LogP contribution is -2.20. The van der Waals surface area contributed by atoms with E-state index in [9.17, 15) is 9.59 Å². The van der Waals surface area contributed by atoms with Gasteiger partial charge >= 0.3 is 5.97 Å². The van der Waals surface area contributed by atoms with E-state index in [0.29, 0.717) is 11.4 Å². The average Bonchev–Trinajstić information content (AvgIpc) is 3.26. The zero-order chi connectivity index (χ0) is 20.6. The van der Waals surface area contributed by atoms with Gasteiger partial charge in [0.25, 0.3) is 5.91 Å². The number of halogens is 1. The van der Waals surface area contributed by atoms with Crippen molar-refractivity contribution in [3.8, 4) is 5.75 Å². The standard InChI is InChI=1S/C22H23BrN2O4/c1-28-20-10-5-17(23)14-16(20)4-11-22(27)29-15-21(26)24-18-6-8-19(9-7-18)25-12-2-3-13-25/h4-11,14H,2-3,12-13,15H2,1H3,(H,24,26). The Morgan fingerprint density at radius 1 is 1.14 bits per heavy atom. The minimum atomic E-state index is -0.605. The average molecular weight is 459 g/mol. The van der Waals surface area contributed by atoms with Crippen molar-refractivity contribution in [2.75, 3.05) is 37.0 Å². The lowest BCUT2D eigenvalue weighted by Gasteiger charge is -2.17. The summed E-state index contributed by atoms with van der Waals surface area (Å²) in [6.07, 6.45) is 5.28. The van der Waals surface area contributed by atoms with Gasteiger partial charge < -0.3 is 19.7 Å². The third-order valence-electron chi connectivity index (χ3n) is 4.56. The summed E-state index contributed by atoms with van der Waals surface area (Å²) in [7, 11) is 1.56. The molecule has 1 N–H and O–H groups in total. The predicted molar refractivity (Wildman–Crippen MR) is 117 cm³/mol. The zero-order valence-electron chi connectivity index (χ0n) is 16.2. The van der Waals surface area contributed by atoms with Gasteiger partial charge in [-0.05, 0) is 61.4 Å². The number of carbonyl (C=O) groups is 2. The molecule has 2 aromatic rings. The second kappa shape index (κ2) is 10.1. The minimum absolute atomic E-state index is 0.354. The van der Waals surface area contributed by atoms with Gasteiger partial charge in [0.05, 0.1) is 7.11 Å². The van der Waals surface area contributed by atoms with Crippen LogP contribution in [-0.2, 0) is 14.3 Å². The maximum Gasteiger partial charge on any atom is 0.331 e. The Bertz CT molecular complexity index is 890. The summed E-state index contributed by atoms with van der Waals surface area (Å²) in [5.74, 6) is -0.361. The highest BCUT2D eigenvalue weighted by molar-refractivity contribution is 9.10. The van der Waals surface area contributed by atoms with Crippen molar-refractivity contribution in [2.45, 2.75) is 12.8 Å². The van der Waals surface area contributed by atoms with E-state index in [2.05, 4.69) is 26.1 Å². The van der Waals surface area contributed by atoms with Gasteiger partial charge in [-0.1, -0.05) is 15.9 Å². The normalized spacial score (nSPS) is 13.5. The van der Waals surface area contributed by atoms with Crippen LogP contribution in [-0.4, -0.2) is 38.7 Å². The van der Waals surface area contributed by atoms with Crippen molar-refractivity contribution < 1.29 is 19.1 Å². The second-order valence-corrected chi connectivity index (χ2v) is 7.53. The van der Waals surface area contributed by atoms with Crippen LogP contribution in [0.5, 0.6) is 5.75 Å². The molecule has 152 valence electrons. The van der Waals surface area contributed by atoms with Crippen LogP contribution >= 0.6 is 15.9 Å². The van der Waals surface area contributed by atoms with E-state index >= 15 is 0 Å². The molecule has 7 heteroatoms. The zero-order valence-corrected chi connectivity index (χ0v) is 17.8. The summed E-state index contributed by atoms with van der Waals surface area (Å²) < 4.78 is 11.1. The van der Waals surface area contributed by atoms with Crippen LogP contribution in [0, 0.1) is 0 Å². The maximum atomic E-state index is 12.0. The topological polar surface area (TPSA) is 67.9 Å². The molecule has 1 saturated heterocycles. The van der Waals surface area contributed by atoms with Gasteiger partial charge in [-0.3, -0.25) is 4.79 Å². The van der Waals surface area contributed by atoms with Crippen molar-refractivity contribution in [2.24, 2.45) is 0 Å². The lowest BCUT2D eigenvalue weighted by atomic mass is 10.2. The summed E-state index contributed by atoms with van der Waals surface area (Å²) in [5.41, 5.74) is 2.55. The molecule has 1 amide bonds. The molecule has 0 atom stereocenters. The molecule has 0 aromatic heterocycles. The van der Waals surface area contributed by atoms with E-state index in [1.807, 2.05) is 36.4 Å². The lowest BCUT2D eigenvalue weighted by molar-refractivity contribution is -0.142. The van der Waals surface area contributed by atoms with Crippen molar-refractivity contribution in [1.82, 2.24) is 0 Å². The SMILES string of the molecule is COc1ccc(Br)cc1C=CC(=O)OCC(=O)Nc1ccc(N2CCCC2)cc1. The molecule has 0 spiro atoms. The van der Waals surface area contributed by atoms with Crippen molar-refractivity contribution >= 4 is 45.3 Å². The van der Waals surface area contributed by atoms with Gasteiger partial charge in [-0.2, -0.15) is 0 Å². The molecule has 1 aliphatic rings. The van der Waals surface area contributed by atoms with E-state index in [0.717, 1.165) is 28.8 Å². The van der Waals surface area contributed by atoms with Crippen molar-refractivity contribution in [3.05, 3.63) is 58.6 Å². The van der Waals surface area contributed by atoms with Crippen LogP contribution < -0.4 is 15.0 Å². The summed E-state index contributed by atoms with van der Waals surface area (Å²) in [5, 5.41) is 2.73. The van der Waals surface area contributed by atoms with Gasteiger partial charge in [0.2, 0.25) is 0 Å². The van der Waals surface area contributed by atoms with Gasteiger partial charge in [0.15, 0.2) is 6.61 Å². The van der Waals surface area contributed by atoms with Crippen LogP contribution in [0.1, 0.15) is 18.4 Å². The molecule has 1 aliphatic heterocycles. The molecular formula is C22H23BrN2O4. The van der Waals surface area contributed by atoms with Crippen LogP contribution in [0.15, 0.2) is 53.0 Å². The third-order valence-corrected chi connectivity index (χ3v) is 5.05. The Hall–Kier alpha value is -2.80. The van der Waals surface area contributed by atoms with E-state index in [-0.39, 0.29) is 12.5 Å². The largest absolute Gasteiger partial charge is 0.496 e. The van der Waals surface area contributed by atoms with Crippen molar-refractivity contribution in [3.63, 3.8) is 0 Å². The van der Waals surface area contributed by atoms with Gasteiger partial charge in [0, 0.05) is 40.6 Å². The Morgan fingerprint density at radius 2 is 1.86 bits per heavy atom. The second-order valence-electron chi connectivity index (χ2n) is 6.62. The smallest absolute Gasteiger partial charge is 0.331 e. The Morgan fingerprint density at radius 3 is 2.55 bits per heavy atom. The first-order valence-corrected chi connectivity index (χ1v) is 10.2. The number of carbonyl (C=O) groups excluding carboxylic acids is 2. The van der Waals surface area contributed by atoms with Gasteiger partial charge in [-0.15, -0.1) is 0 Å². The molecule has 1 fully saturated rings. The number of nitrogens with one attached hydrogen (secondary N) is 1. The molecule has 29 heavy (non-hydrogen) atoms. The first-order valence-electron chi connectivity index (χ1n) is 9.38. The molecule has 0 bridgehead atoms. The molecule has 1 heterocycles. The van der Waals surface area contributed by atoms with Crippen LogP contribution in [0.2, 0.25) is 0 Å².